The molecule has 2 N–H and O–H groups in total. The summed E-state index contributed by atoms with van der Waals surface area (Å²) in [6.45, 7) is 4.28. The lowest BCUT2D eigenvalue weighted by Crippen LogP contribution is -2.34. The molecule has 0 radical (unpaired) electrons. The van der Waals surface area contributed by atoms with Crippen molar-refractivity contribution in [1.29, 1.82) is 0 Å². The molecule has 2 heteroatoms. The van der Waals surface area contributed by atoms with Gasteiger partial charge in [-0.2, -0.15) is 0 Å². The lowest BCUT2D eigenvalue weighted by molar-refractivity contribution is 0.274. The lowest BCUT2D eigenvalue weighted by atomic mass is 10.0. The fourth-order valence-electron chi connectivity index (χ4n) is 1.69. The maximum Gasteiger partial charge on any atom is 0.0191 e. The normalized spacial score (nSPS) is 27.7. The van der Waals surface area contributed by atoms with E-state index in [1.165, 1.54) is 19.3 Å². The number of allylic oxidation sites excluding steroid dienone is 1. The van der Waals surface area contributed by atoms with E-state index in [-0.39, 0.29) is 0 Å². The third-order valence-electron chi connectivity index (χ3n) is 2.38. The zero-order chi connectivity index (χ0) is 8.81. The van der Waals surface area contributed by atoms with Crippen molar-refractivity contribution in [3.63, 3.8) is 0 Å². The Labute approximate surface area is 75.4 Å². The van der Waals surface area contributed by atoms with Gasteiger partial charge in [0, 0.05) is 13.1 Å². The van der Waals surface area contributed by atoms with E-state index in [9.17, 15) is 0 Å². The molecule has 0 saturated carbocycles. The van der Waals surface area contributed by atoms with Gasteiger partial charge in [0.25, 0.3) is 0 Å². The van der Waals surface area contributed by atoms with E-state index in [2.05, 4.69) is 19.1 Å². The number of nitrogens with zero attached hydrogens (tertiary/aromatic N) is 1. The third-order valence-corrected chi connectivity index (χ3v) is 2.38. The fourth-order valence-corrected chi connectivity index (χ4v) is 1.69. The molecule has 1 unspecified atom stereocenters. The van der Waals surface area contributed by atoms with E-state index in [0.717, 1.165) is 19.5 Å². The molecule has 1 saturated heterocycles. The van der Waals surface area contributed by atoms with Crippen molar-refractivity contribution in [2.75, 3.05) is 13.1 Å². The average molecular weight is 168 g/mol. The Kier molecular flexibility index (Phi) is 4.33. The molecule has 0 aromatic carbocycles. The number of nitrogens with two attached hydrogens (primary N) is 1. The molecule has 1 aliphatic rings. The lowest BCUT2D eigenvalue weighted by Gasteiger charge is -2.16. The van der Waals surface area contributed by atoms with Gasteiger partial charge in [0.2, 0.25) is 0 Å². The number of hydrogen-bond donors (Lipinski definition) is 1. The minimum absolute atomic E-state index is 0.692. The summed E-state index contributed by atoms with van der Waals surface area (Å²) in [5.41, 5.74) is 0. The van der Waals surface area contributed by atoms with Crippen LogP contribution in [0.25, 0.3) is 0 Å². The summed E-state index contributed by atoms with van der Waals surface area (Å²) in [6.07, 6.45) is 9.61. The maximum atomic E-state index is 5.80. The molecule has 1 atom stereocenters. The van der Waals surface area contributed by atoms with Gasteiger partial charge in [0.1, 0.15) is 0 Å². The molecule has 1 fully saturated rings. The van der Waals surface area contributed by atoms with E-state index >= 15 is 0 Å². The van der Waals surface area contributed by atoms with Crippen LogP contribution in [-0.2, 0) is 0 Å². The SMILES string of the molecule is CC/C=C/C1CCCCN(N)C1. The second kappa shape index (κ2) is 5.33. The summed E-state index contributed by atoms with van der Waals surface area (Å²) < 4.78 is 0. The topological polar surface area (TPSA) is 29.3 Å². The van der Waals surface area contributed by atoms with Crippen LogP contribution in [0.15, 0.2) is 12.2 Å². The zero-order valence-corrected chi connectivity index (χ0v) is 8.00. The number of rotatable bonds is 2. The zero-order valence-electron chi connectivity index (χ0n) is 8.00. The first kappa shape index (κ1) is 9.75. The minimum Gasteiger partial charge on any atom is -0.269 e. The van der Waals surface area contributed by atoms with E-state index in [0.29, 0.717) is 5.92 Å². The van der Waals surface area contributed by atoms with Gasteiger partial charge in [0.05, 0.1) is 0 Å². The van der Waals surface area contributed by atoms with Crippen LogP contribution in [0.3, 0.4) is 0 Å². The van der Waals surface area contributed by atoms with Crippen LogP contribution in [0.2, 0.25) is 0 Å². The van der Waals surface area contributed by atoms with Crippen LogP contribution in [0, 0.1) is 5.92 Å². The summed E-state index contributed by atoms with van der Waals surface area (Å²) >= 11 is 0. The fraction of sp³-hybridized carbons (Fsp3) is 0.800. The molecule has 1 heterocycles. The second-order valence-electron chi connectivity index (χ2n) is 3.59. The van der Waals surface area contributed by atoms with Gasteiger partial charge in [-0.15, -0.1) is 0 Å². The van der Waals surface area contributed by atoms with E-state index in [1.54, 1.807) is 0 Å². The van der Waals surface area contributed by atoms with E-state index in [1.807, 2.05) is 5.01 Å². The van der Waals surface area contributed by atoms with Crippen LogP contribution < -0.4 is 5.84 Å². The largest absolute Gasteiger partial charge is 0.269 e. The third kappa shape index (κ3) is 3.37. The van der Waals surface area contributed by atoms with Crippen molar-refractivity contribution in [1.82, 2.24) is 5.01 Å². The molecule has 0 aliphatic carbocycles. The van der Waals surface area contributed by atoms with Crippen molar-refractivity contribution in [3.05, 3.63) is 12.2 Å². The van der Waals surface area contributed by atoms with Gasteiger partial charge in [-0.05, 0) is 25.2 Å². The van der Waals surface area contributed by atoms with E-state index < -0.39 is 0 Å². The van der Waals surface area contributed by atoms with Crippen LogP contribution in [0.1, 0.15) is 32.6 Å². The second-order valence-corrected chi connectivity index (χ2v) is 3.59. The molecule has 0 spiro atoms. The van der Waals surface area contributed by atoms with Gasteiger partial charge in [-0.1, -0.05) is 25.5 Å². The molecule has 0 bridgehead atoms. The molecule has 1 rings (SSSR count). The predicted octanol–water partition coefficient (Wildman–Crippen LogP) is 1.93. The first-order valence-corrected chi connectivity index (χ1v) is 4.99. The Morgan fingerprint density at radius 1 is 1.50 bits per heavy atom. The summed E-state index contributed by atoms with van der Waals surface area (Å²) in [7, 11) is 0. The van der Waals surface area contributed by atoms with Gasteiger partial charge in [0.15, 0.2) is 0 Å². The highest BCUT2D eigenvalue weighted by Crippen LogP contribution is 2.15. The van der Waals surface area contributed by atoms with Crippen molar-refractivity contribution in [2.24, 2.45) is 11.8 Å². The summed E-state index contributed by atoms with van der Waals surface area (Å²) in [5.74, 6) is 6.49. The standard InChI is InChI=1S/C10H20N2/c1-2-3-6-10-7-4-5-8-12(11)9-10/h3,6,10H,2,4-5,7-9,11H2,1H3/b6-3+. The number of hydrazine groups is 1. The summed E-state index contributed by atoms with van der Waals surface area (Å²) in [6, 6.07) is 0. The van der Waals surface area contributed by atoms with Crippen molar-refractivity contribution in [3.8, 4) is 0 Å². The van der Waals surface area contributed by atoms with Gasteiger partial charge < -0.3 is 0 Å². The first-order chi connectivity index (χ1) is 5.83. The Morgan fingerprint density at radius 3 is 3.08 bits per heavy atom. The average Bonchev–Trinajstić information content (AvgIpc) is 2.26. The summed E-state index contributed by atoms with van der Waals surface area (Å²) in [4.78, 5) is 0. The maximum absolute atomic E-state index is 5.80. The Balaban J connectivity index is 2.35. The van der Waals surface area contributed by atoms with Crippen LogP contribution >= 0.6 is 0 Å². The first-order valence-electron chi connectivity index (χ1n) is 4.99. The quantitative estimate of drug-likeness (QED) is 0.504. The van der Waals surface area contributed by atoms with E-state index in [4.69, 9.17) is 5.84 Å². The molecular formula is C10H20N2. The molecule has 1 aliphatic heterocycles. The summed E-state index contributed by atoms with van der Waals surface area (Å²) in [5, 5.41) is 1.96. The van der Waals surface area contributed by atoms with Crippen LogP contribution in [0.5, 0.6) is 0 Å². The van der Waals surface area contributed by atoms with Crippen molar-refractivity contribution >= 4 is 0 Å². The Bertz CT molecular complexity index is 143. The molecule has 0 aromatic rings. The molecule has 0 amide bonds. The highest BCUT2D eigenvalue weighted by Gasteiger charge is 2.12. The van der Waals surface area contributed by atoms with Gasteiger partial charge in [-0.3, -0.25) is 5.84 Å². The van der Waals surface area contributed by atoms with Crippen LogP contribution in [0.4, 0.5) is 0 Å². The van der Waals surface area contributed by atoms with Gasteiger partial charge in [-0.25, -0.2) is 5.01 Å². The smallest absolute Gasteiger partial charge is 0.0191 e. The predicted molar refractivity (Wildman–Crippen MR) is 52.5 cm³/mol. The molecule has 2 nitrogen and oxygen atoms in total. The van der Waals surface area contributed by atoms with Gasteiger partial charge >= 0.3 is 0 Å². The highest BCUT2D eigenvalue weighted by atomic mass is 15.4. The molecule has 12 heavy (non-hydrogen) atoms. The Hall–Kier alpha value is -0.340. The monoisotopic (exact) mass is 168 g/mol. The van der Waals surface area contributed by atoms with Crippen molar-refractivity contribution in [2.45, 2.75) is 32.6 Å². The van der Waals surface area contributed by atoms with Crippen molar-refractivity contribution < 1.29 is 0 Å². The van der Waals surface area contributed by atoms with Crippen LogP contribution in [-0.4, -0.2) is 18.1 Å². The molecule has 0 aromatic heterocycles. The minimum atomic E-state index is 0.692. The number of hydrogen-bond acceptors (Lipinski definition) is 2. The molecular weight excluding hydrogens is 148 g/mol. The molecule has 70 valence electrons. The highest BCUT2D eigenvalue weighted by molar-refractivity contribution is 4.89. The Morgan fingerprint density at radius 2 is 2.33 bits per heavy atom.